The van der Waals surface area contributed by atoms with Gasteiger partial charge in [-0.05, 0) is 12.3 Å². The van der Waals surface area contributed by atoms with E-state index in [4.69, 9.17) is 43.0 Å². The third-order valence-corrected chi connectivity index (χ3v) is 6.34. The fourth-order valence-electron chi connectivity index (χ4n) is 4.15. The van der Waals surface area contributed by atoms with Crippen LogP contribution in [0.4, 0.5) is 0 Å². The number of hydrogen-bond donors (Lipinski definition) is 3. The quantitative estimate of drug-likeness (QED) is 0.0735. The van der Waals surface area contributed by atoms with Crippen molar-refractivity contribution >= 4 is 17.5 Å². The molecular formula is C31H56N2O12. The second-order valence-corrected chi connectivity index (χ2v) is 11.0. The molecule has 0 spiro atoms. The number of Topliss-reactive ketones (excluding diaryl/α,β-unsaturated/α-hetero) is 1. The molecule has 45 heavy (non-hydrogen) atoms. The van der Waals surface area contributed by atoms with Crippen molar-refractivity contribution in [2.75, 3.05) is 125 Å². The van der Waals surface area contributed by atoms with Crippen molar-refractivity contribution in [3.8, 4) is 0 Å². The first-order valence-electron chi connectivity index (χ1n) is 15.7. The van der Waals surface area contributed by atoms with Gasteiger partial charge in [-0.2, -0.15) is 0 Å². The Morgan fingerprint density at radius 2 is 1.09 bits per heavy atom. The van der Waals surface area contributed by atoms with Crippen molar-refractivity contribution in [3.05, 3.63) is 11.3 Å². The van der Waals surface area contributed by atoms with Crippen molar-refractivity contribution in [1.82, 2.24) is 5.32 Å². The molecule has 1 rings (SSSR count). The number of nitrogens with zero attached hydrogens (tertiary/aromatic N) is 1. The summed E-state index contributed by atoms with van der Waals surface area (Å²) in [5.41, 5.74) is 0.703. The summed E-state index contributed by atoms with van der Waals surface area (Å²) < 4.78 is 43.4. The molecule has 14 nitrogen and oxygen atoms in total. The minimum absolute atomic E-state index is 0.00252. The second kappa shape index (κ2) is 27.1. The zero-order valence-electron chi connectivity index (χ0n) is 27.5. The third kappa shape index (κ3) is 23.9. The Morgan fingerprint density at radius 3 is 1.51 bits per heavy atom. The molecule has 0 saturated heterocycles. The number of carbonyl (C=O) groups is 2. The number of aliphatic carboxylic acids is 1. The average molecular weight is 649 g/mol. The lowest BCUT2D eigenvalue weighted by Gasteiger charge is -2.29. The van der Waals surface area contributed by atoms with Crippen LogP contribution in [0.25, 0.3) is 0 Å². The number of rotatable bonds is 31. The van der Waals surface area contributed by atoms with Crippen LogP contribution in [0.15, 0.2) is 16.3 Å². The van der Waals surface area contributed by atoms with Crippen molar-refractivity contribution in [3.63, 3.8) is 0 Å². The predicted octanol–water partition coefficient (Wildman–Crippen LogP) is 1.85. The van der Waals surface area contributed by atoms with Crippen LogP contribution in [-0.4, -0.2) is 153 Å². The van der Waals surface area contributed by atoms with Gasteiger partial charge in [0.1, 0.15) is 5.76 Å². The van der Waals surface area contributed by atoms with Gasteiger partial charge in [0, 0.05) is 31.6 Å². The first-order valence-corrected chi connectivity index (χ1v) is 15.7. The lowest BCUT2D eigenvalue weighted by Crippen LogP contribution is -2.28. The van der Waals surface area contributed by atoms with Gasteiger partial charge in [0.25, 0.3) is 0 Å². The molecule has 0 aromatic carbocycles. The van der Waals surface area contributed by atoms with E-state index < -0.39 is 5.97 Å². The molecule has 0 aromatic heterocycles. The SMILES string of the molecule is CC(=NCCOCCOCCOCCOCCNCCOCCOCCOCCOCCC(=O)O)C1=C(O)CC(C)(C)CC1=O. The smallest absolute Gasteiger partial charge is 0.305 e. The number of nitrogens with one attached hydrogen (secondary N) is 1. The van der Waals surface area contributed by atoms with Gasteiger partial charge >= 0.3 is 5.97 Å². The Kier molecular flexibility index (Phi) is 24.7. The standard InChI is InChI=1S/C31H56N2O12/c1-26(30-27(34)24-31(2,3)25-28(30)35)33-7-11-41-15-19-45-23-22-44-18-14-40-10-6-32-5-9-39-13-17-43-21-20-42-16-12-38-8-4-29(36)37/h32,34H,4-25H2,1-3H3,(H,36,37). The molecule has 0 bridgehead atoms. The fourth-order valence-corrected chi connectivity index (χ4v) is 4.15. The molecule has 14 heteroatoms. The van der Waals surface area contributed by atoms with Gasteiger partial charge in [0.15, 0.2) is 5.78 Å². The van der Waals surface area contributed by atoms with Crippen LogP contribution in [0.2, 0.25) is 0 Å². The summed E-state index contributed by atoms with van der Waals surface area (Å²) in [7, 11) is 0. The Balaban J connectivity index is 1.76. The van der Waals surface area contributed by atoms with E-state index in [2.05, 4.69) is 10.3 Å². The van der Waals surface area contributed by atoms with Crippen molar-refractivity contribution < 1.29 is 57.7 Å². The van der Waals surface area contributed by atoms with Crippen molar-refractivity contribution in [2.45, 2.75) is 40.0 Å². The molecule has 262 valence electrons. The van der Waals surface area contributed by atoms with Crippen molar-refractivity contribution in [1.29, 1.82) is 0 Å². The van der Waals surface area contributed by atoms with E-state index in [0.717, 1.165) is 13.1 Å². The molecule has 0 atom stereocenters. The van der Waals surface area contributed by atoms with Gasteiger partial charge in [0.2, 0.25) is 0 Å². The largest absolute Gasteiger partial charge is 0.511 e. The summed E-state index contributed by atoms with van der Waals surface area (Å²) in [5.74, 6) is -0.799. The molecule has 0 unspecified atom stereocenters. The summed E-state index contributed by atoms with van der Waals surface area (Å²) in [4.78, 5) is 27.1. The van der Waals surface area contributed by atoms with Gasteiger partial charge in [0.05, 0.1) is 124 Å². The zero-order chi connectivity index (χ0) is 33.0. The van der Waals surface area contributed by atoms with Gasteiger partial charge in [-0.25, -0.2) is 0 Å². The molecule has 0 aliphatic heterocycles. The first-order chi connectivity index (χ1) is 21.7. The Morgan fingerprint density at radius 1 is 0.689 bits per heavy atom. The summed E-state index contributed by atoms with van der Waals surface area (Å²) in [5, 5.41) is 22.0. The first kappa shape index (κ1) is 41.0. The molecule has 0 saturated carbocycles. The summed E-state index contributed by atoms with van der Waals surface area (Å²) >= 11 is 0. The van der Waals surface area contributed by atoms with E-state index in [9.17, 15) is 14.7 Å². The number of ketones is 1. The van der Waals surface area contributed by atoms with Crippen LogP contribution >= 0.6 is 0 Å². The number of carboxylic acid groups (broad SMARTS) is 1. The lowest BCUT2D eigenvalue weighted by atomic mass is 9.76. The maximum absolute atomic E-state index is 12.3. The van der Waals surface area contributed by atoms with Crippen LogP contribution in [0.1, 0.15) is 40.0 Å². The maximum Gasteiger partial charge on any atom is 0.305 e. The number of aliphatic imine (C=N–C) groups is 1. The van der Waals surface area contributed by atoms with Crippen molar-refractivity contribution in [2.24, 2.45) is 10.4 Å². The number of carbonyl (C=O) groups excluding carboxylic acids is 1. The van der Waals surface area contributed by atoms with Gasteiger partial charge in [-0.1, -0.05) is 13.8 Å². The predicted molar refractivity (Wildman–Crippen MR) is 167 cm³/mol. The molecule has 1 aliphatic rings. The minimum Gasteiger partial charge on any atom is -0.511 e. The number of aliphatic hydroxyl groups excluding tert-OH is 1. The number of ether oxygens (including phenoxy) is 8. The van der Waals surface area contributed by atoms with Gasteiger partial charge in [-0.15, -0.1) is 0 Å². The fraction of sp³-hybridized carbons (Fsp3) is 0.839. The topological polar surface area (TPSA) is 173 Å². The molecule has 0 radical (unpaired) electrons. The number of carboxylic acids is 1. The van der Waals surface area contributed by atoms with Gasteiger partial charge in [-0.3, -0.25) is 14.6 Å². The Bertz CT molecular complexity index is 850. The van der Waals surface area contributed by atoms with E-state index in [1.54, 1.807) is 6.92 Å². The molecule has 0 aromatic rings. The van der Waals surface area contributed by atoms with E-state index in [1.165, 1.54) is 0 Å². The van der Waals surface area contributed by atoms with E-state index in [0.29, 0.717) is 130 Å². The highest BCUT2D eigenvalue weighted by atomic mass is 16.6. The van der Waals surface area contributed by atoms with Crippen LogP contribution < -0.4 is 5.32 Å². The maximum atomic E-state index is 12.3. The Hall–Kier alpha value is -2.01. The third-order valence-electron chi connectivity index (χ3n) is 6.34. The van der Waals surface area contributed by atoms with E-state index in [1.807, 2.05) is 13.8 Å². The minimum atomic E-state index is -0.874. The second-order valence-electron chi connectivity index (χ2n) is 11.0. The molecule has 0 fully saturated rings. The molecule has 3 N–H and O–H groups in total. The molecule has 0 amide bonds. The number of allylic oxidation sites excluding steroid dienone is 2. The summed E-state index contributed by atoms with van der Waals surface area (Å²) in [6, 6.07) is 0. The van der Waals surface area contributed by atoms with Crippen LogP contribution in [-0.2, 0) is 47.5 Å². The zero-order valence-corrected chi connectivity index (χ0v) is 27.5. The monoisotopic (exact) mass is 648 g/mol. The summed E-state index contributed by atoms with van der Waals surface area (Å²) in [6.45, 7) is 14.9. The number of hydrogen-bond acceptors (Lipinski definition) is 13. The van der Waals surface area contributed by atoms with E-state index >= 15 is 0 Å². The van der Waals surface area contributed by atoms with Crippen LogP contribution in [0.3, 0.4) is 0 Å². The molecular weight excluding hydrogens is 592 g/mol. The molecule has 0 heterocycles. The molecule has 1 aliphatic carbocycles. The van der Waals surface area contributed by atoms with Crippen LogP contribution in [0.5, 0.6) is 0 Å². The highest BCUT2D eigenvalue weighted by Gasteiger charge is 2.33. The normalized spacial score (nSPS) is 15.3. The highest BCUT2D eigenvalue weighted by Crippen LogP contribution is 2.36. The van der Waals surface area contributed by atoms with Gasteiger partial charge < -0.3 is 53.4 Å². The Labute approximate surface area is 267 Å². The lowest BCUT2D eigenvalue weighted by molar-refractivity contribution is -0.138. The average Bonchev–Trinajstić information content (AvgIpc) is 2.97. The summed E-state index contributed by atoms with van der Waals surface area (Å²) in [6.07, 6.45) is 0.894. The van der Waals surface area contributed by atoms with Crippen LogP contribution in [0, 0.1) is 5.41 Å². The highest BCUT2D eigenvalue weighted by molar-refractivity contribution is 6.22. The number of aliphatic hydroxyl groups is 1. The van der Waals surface area contributed by atoms with E-state index in [-0.39, 0.29) is 30.0 Å².